The zero-order valence-electron chi connectivity index (χ0n) is 12.2. The summed E-state index contributed by atoms with van der Waals surface area (Å²) >= 11 is 5.71. The summed E-state index contributed by atoms with van der Waals surface area (Å²) in [5.41, 5.74) is 2.92. The Kier molecular flexibility index (Phi) is 4.77. The summed E-state index contributed by atoms with van der Waals surface area (Å²) in [7, 11) is 0. The zero-order valence-corrected chi connectivity index (χ0v) is 12.9. The molecule has 124 valence electrons. The molecule has 0 aliphatic carbocycles. The van der Waals surface area contributed by atoms with Gasteiger partial charge in [0.15, 0.2) is 0 Å². The maximum Gasteiger partial charge on any atom is 0.424 e. The number of hydrogen-bond donors (Lipinski definition) is 2. The number of nitrogens with two attached hydrogens (primary N) is 1. The van der Waals surface area contributed by atoms with E-state index in [1.807, 2.05) is 0 Å². The Bertz CT molecular complexity index is 689. The zero-order chi connectivity index (χ0) is 17.3. The maximum atomic E-state index is 13.4. The van der Waals surface area contributed by atoms with E-state index in [0.717, 1.165) is 6.07 Å². The molecule has 3 nitrogen and oxygen atoms in total. The number of nitrogen functional groups attached to an aromatic ring is 1. The Morgan fingerprint density at radius 2 is 1.74 bits per heavy atom. The highest BCUT2D eigenvalue weighted by Crippen LogP contribution is 2.40. The lowest BCUT2D eigenvalue weighted by atomic mass is 9.92. The Labute approximate surface area is 136 Å². The number of benzene rings is 2. The molecule has 1 unspecified atom stereocenters. The van der Waals surface area contributed by atoms with E-state index < -0.39 is 18.4 Å². The van der Waals surface area contributed by atoms with Gasteiger partial charge in [-0.1, -0.05) is 23.7 Å². The summed E-state index contributed by atoms with van der Waals surface area (Å²) in [6.07, 6.45) is -4.91. The van der Waals surface area contributed by atoms with Crippen molar-refractivity contribution in [3.05, 3.63) is 58.6 Å². The van der Waals surface area contributed by atoms with Gasteiger partial charge in [0, 0.05) is 10.7 Å². The van der Waals surface area contributed by atoms with E-state index in [9.17, 15) is 18.3 Å². The molecule has 0 saturated carbocycles. The van der Waals surface area contributed by atoms with Gasteiger partial charge in [-0.05, 0) is 48.4 Å². The summed E-state index contributed by atoms with van der Waals surface area (Å²) in [5, 5.41) is 10.7. The largest absolute Gasteiger partial charge is 0.490 e. The van der Waals surface area contributed by atoms with Crippen LogP contribution in [0, 0.1) is 6.92 Å². The van der Waals surface area contributed by atoms with Gasteiger partial charge in [0.25, 0.3) is 0 Å². The van der Waals surface area contributed by atoms with Crippen LogP contribution >= 0.6 is 11.6 Å². The van der Waals surface area contributed by atoms with E-state index in [1.54, 1.807) is 6.92 Å². The normalized spacial score (nSPS) is 14.3. The van der Waals surface area contributed by atoms with E-state index in [2.05, 4.69) is 0 Å². The predicted molar refractivity (Wildman–Crippen MR) is 82.5 cm³/mol. The van der Waals surface area contributed by atoms with Crippen LogP contribution in [0.3, 0.4) is 0 Å². The molecular formula is C16H15ClF3NO2. The van der Waals surface area contributed by atoms with E-state index >= 15 is 0 Å². The van der Waals surface area contributed by atoms with Crippen LogP contribution < -0.4 is 10.5 Å². The number of aliphatic hydroxyl groups is 1. The minimum atomic E-state index is -4.91. The molecule has 2 aromatic rings. The van der Waals surface area contributed by atoms with Crippen molar-refractivity contribution >= 4 is 17.3 Å². The van der Waals surface area contributed by atoms with Gasteiger partial charge in [-0.3, -0.25) is 0 Å². The lowest BCUT2D eigenvalue weighted by molar-refractivity contribution is -0.275. The highest BCUT2D eigenvalue weighted by atomic mass is 35.5. The van der Waals surface area contributed by atoms with E-state index in [4.69, 9.17) is 22.1 Å². The molecule has 23 heavy (non-hydrogen) atoms. The van der Waals surface area contributed by atoms with Crippen LogP contribution in [0.15, 0.2) is 42.5 Å². The lowest BCUT2D eigenvalue weighted by Gasteiger charge is -2.31. The van der Waals surface area contributed by atoms with Gasteiger partial charge < -0.3 is 15.6 Å². The van der Waals surface area contributed by atoms with Crippen molar-refractivity contribution in [2.75, 3.05) is 12.3 Å². The minimum absolute atomic E-state index is 0.171. The van der Waals surface area contributed by atoms with Gasteiger partial charge in [-0.15, -0.1) is 0 Å². The quantitative estimate of drug-likeness (QED) is 0.822. The van der Waals surface area contributed by atoms with Crippen molar-refractivity contribution in [1.29, 1.82) is 0 Å². The SMILES string of the molecule is Cc1cc(C(O)(COc2ccc(Cl)cc2)C(F)(F)F)ccc1N. The number of alkyl halides is 3. The van der Waals surface area contributed by atoms with E-state index in [-0.39, 0.29) is 11.3 Å². The van der Waals surface area contributed by atoms with Crippen LogP contribution in [0.25, 0.3) is 0 Å². The smallest absolute Gasteiger partial charge is 0.424 e. The van der Waals surface area contributed by atoms with E-state index in [1.165, 1.54) is 36.4 Å². The van der Waals surface area contributed by atoms with Gasteiger partial charge in [0.05, 0.1) is 0 Å². The summed E-state index contributed by atoms with van der Waals surface area (Å²) in [6, 6.07) is 9.48. The molecule has 0 aromatic heterocycles. The monoisotopic (exact) mass is 345 g/mol. The highest BCUT2D eigenvalue weighted by Gasteiger charge is 2.56. The number of halogens is 4. The molecule has 0 radical (unpaired) electrons. The second-order valence-corrected chi connectivity index (χ2v) is 5.61. The van der Waals surface area contributed by atoms with Crippen molar-refractivity contribution in [2.45, 2.75) is 18.7 Å². The first-order valence-corrected chi connectivity index (χ1v) is 7.05. The number of rotatable bonds is 4. The molecule has 2 rings (SSSR count). The number of hydrogen-bond acceptors (Lipinski definition) is 3. The molecule has 0 spiro atoms. The fourth-order valence-corrected chi connectivity index (χ4v) is 2.11. The third-order valence-electron chi connectivity index (χ3n) is 3.48. The van der Waals surface area contributed by atoms with Crippen molar-refractivity contribution in [3.8, 4) is 5.75 Å². The molecule has 2 aromatic carbocycles. The number of anilines is 1. The number of ether oxygens (including phenoxy) is 1. The fraction of sp³-hybridized carbons (Fsp3) is 0.250. The maximum absolute atomic E-state index is 13.4. The standard InChI is InChI=1S/C16H15ClF3NO2/c1-10-8-11(2-7-14(10)21)15(22,16(18,19)20)9-23-13-5-3-12(17)4-6-13/h2-8,22H,9,21H2,1H3. The third kappa shape index (κ3) is 3.71. The summed E-state index contributed by atoms with van der Waals surface area (Å²) < 4.78 is 45.3. The molecule has 3 N–H and O–H groups in total. The Morgan fingerprint density at radius 3 is 2.26 bits per heavy atom. The van der Waals surface area contributed by atoms with Crippen LogP contribution in [0.4, 0.5) is 18.9 Å². The average Bonchev–Trinajstić information content (AvgIpc) is 2.48. The average molecular weight is 346 g/mol. The van der Waals surface area contributed by atoms with Crippen LogP contribution in [0.5, 0.6) is 5.75 Å². The van der Waals surface area contributed by atoms with Crippen molar-refractivity contribution in [1.82, 2.24) is 0 Å². The Morgan fingerprint density at radius 1 is 1.13 bits per heavy atom. The van der Waals surface area contributed by atoms with Crippen LogP contribution in [0.1, 0.15) is 11.1 Å². The Balaban J connectivity index is 2.32. The second-order valence-electron chi connectivity index (χ2n) is 5.17. The molecule has 0 heterocycles. The molecule has 0 saturated heterocycles. The summed E-state index contributed by atoms with van der Waals surface area (Å²) in [6.45, 7) is 0.581. The summed E-state index contributed by atoms with van der Waals surface area (Å²) in [5.74, 6) is 0.171. The first-order valence-electron chi connectivity index (χ1n) is 6.67. The van der Waals surface area contributed by atoms with Crippen molar-refractivity contribution in [3.63, 3.8) is 0 Å². The molecule has 0 aliphatic heterocycles. The second kappa shape index (κ2) is 6.29. The van der Waals surface area contributed by atoms with Crippen LogP contribution in [0.2, 0.25) is 5.02 Å². The molecule has 7 heteroatoms. The lowest BCUT2D eigenvalue weighted by Crippen LogP contribution is -2.47. The van der Waals surface area contributed by atoms with Crippen molar-refractivity contribution in [2.24, 2.45) is 0 Å². The topological polar surface area (TPSA) is 55.5 Å². The van der Waals surface area contributed by atoms with Gasteiger partial charge in [0.1, 0.15) is 12.4 Å². The fourth-order valence-electron chi connectivity index (χ4n) is 1.98. The van der Waals surface area contributed by atoms with Gasteiger partial charge in [-0.2, -0.15) is 13.2 Å². The molecule has 0 bridgehead atoms. The van der Waals surface area contributed by atoms with Crippen LogP contribution in [-0.4, -0.2) is 17.9 Å². The molecule has 0 amide bonds. The first kappa shape index (κ1) is 17.4. The molecule has 0 fully saturated rings. The van der Waals surface area contributed by atoms with Crippen molar-refractivity contribution < 1.29 is 23.0 Å². The Hall–Kier alpha value is -1.92. The van der Waals surface area contributed by atoms with Gasteiger partial charge in [0.2, 0.25) is 5.60 Å². The van der Waals surface area contributed by atoms with E-state index in [0.29, 0.717) is 16.3 Å². The van der Waals surface area contributed by atoms with Gasteiger partial charge in [-0.25, -0.2) is 0 Å². The predicted octanol–water partition coefficient (Wildman–Crippen LogP) is 4.06. The van der Waals surface area contributed by atoms with Crippen LogP contribution in [-0.2, 0) is 5.60 Å². The number of aryl methyl sites for hydroxylation is 1. The first-order chi connectivity index (χ1) is 10.6. The van der Waals surface area contributed by atoms with Gasteiger partial charge >= 0.3 is 6.18 Å². The summed E-state index contributed by atoms with van der Waals surface area (Å²) in [4.78, 5) is 0. The third-order valence-corrected chi connectivity index (χ3v) is 3.73. The molecule has 1 atom stereocenters. The molecular weight excluding hydrogens is 331 g/mol. The highest BCUT2D eigenvalue weighted by molar-refractivity contribution is 6.30. The minimum Gasteiger partial charge on any atom is -0.490 e. The molecule has 0 aliphatic rings.